The fourth-order valence-electron chi connectivity index (χ4n) is 3.82. The third-order valence-corrected chi connectivity index (χ3v) is 5.20. The average Bonchev–Trinajstić information content (AvgIpc) is 3.31. The van der Waals surface area contributed by atoms with Crippen LogP contribution in [-0.4, -0.2) is 38.5 Å². The molecule has 4 aromatic rings. The van der Waals surface area contributed by atoms with E-state index in [2.05, 4.69) is 10.3 Å². The van der Waals surface area contributed by atoms with Crippen LogP contribution >= 0.6 is 0 Å². The SMILES string of the molecule is NC1=NC(c2ccn(-c3ccccc3)n2)n2c(nc3cc4c(cc32)OCCCO4)N1. The van der Waals surface area contributed by atoms with Gasteiger partial charge in [-0.3, -0.25) is 9.88 Å². The maximum Gasteiger partial charge on any atom is 0.212 e. The lowest BCUT2D eigenvalue weighted by molar-refractivity contribution is 0.297. The number of ether oxygens (including phenoxy) is 2. The number of nitrogens with one attached hydrogen (secondary N) is 1. The number of nitrogens with two attached hydrogens (primary N) is 1. The number of hydrogen-bond acceptors (Lipinski definition) is 7. The van der Waals surface area contributed by atoms with Crippen molar-refractivity contribution in [1.82, 2.24) is 19.3 Å². The molecule has 2 aromatic heterocycles. The molecule has 1 atom stereocenters. The zero-order valence-corrected chi connectivity index (χ0v) is 16.0. The van der Waals surface area contributed by atoms with Crippen molar-refractivity contribution >= 4 is 22.9 Å². The first-order valence-electron chi connectivity index (χ1n) is 9.79. The van der Waals surface area contributed by atoms with E-state index in [4.69, 9.17) is 25.3 Å². The molecular weight excluding hydrogens is 382 g/mol. The normalized spacial score (nSPS) is 17.7. The van der Waals surface area contributed by atoms with Crippen LogP contribution in [-0.2, 0) is 0 Å². The molecule has 2 aromatic carbocycles. The second-order valence-electron chi connectivity index (χ2n) is 7.18. The van der Waals surface area contributed by atoms with Gasteiger partial charge >= 0.3 is 0 Å². The third kappa shape index (κ3) is 2.66. The topological polar surface area (TPSA) is 105 Å². The van der Waals surface area contributed by atoms with Crippen LogP contribution < -0.4 is 20.5 Å². The molecular formula is C21H19N7O2. The molecule has 0 radical (unpaired) electrons. The van der Waals surface area contributed by atoms with E-state index >= 15 is 0 Å². The highest BCUT2D eigenvalue weighted by atomic mass is 16.5. The van der Waals surface area contributed by atoms with Gasteiger partial charge in [0.15, 0.2) is 23.6 Å². The minimum atomic E-state index is -0.444. The van der Waals surface area contributed by atoms with E-state index in [1.807, 2.05) is 64.0 Å². The van der Waals surface area contributed by atoms with Crippen LogP contribution in [0.15, 0.2) is 59.7 Å². The van der Waals surface area contributed by atoms with Crippen LogP contribution in [0.5, 0.6) is 11.5 Å². The number of aromatic nitrogens is 4. The van der Waals surface area contributed by atoms with Gasteiger partial charge in [0.1, 0.15) is 5.69 Å². The number of benzene rings is 2. The largest absolute Gasteiger partial charge is 0.489 e. The molecule has 1 unspecified atom stereocenters. The molecule has 0 bridgehead atoms. The number of para-hydroxylation sites is 1. The monoisotopic (exact) mass is 401 g/mol. The maximum atomic E-state index is 6.06. The summed E-state index contributed by atoms with van der Waals surface area (Å²) in [6.45, 7) is 1.24. The summed E-state index contributed by atoms with van der Waals surface area (Å²) in [5.41, 5.74) is 9.44. The van der Waals surface area contributed by atoms with Crippen LogP contribution in [0.3, 0.4) is 0 Å². The molecule has 0 aliphatic carbocycles. The number of imidazole rings is 1. The van der Waals surface area contributed by atoms with E-state index in [1.54, 1.807) is 0 Å². The van der Waals surface area contributed by atoms with Gasteiger partial charge in [0.2, 0.25) is 5.95 Å². The Morgan fingerprint density at radius 3 is 2.67 bits per heavy atom. The van der Waals surface area contributed by atoms with Crippen molar-refractivity contribution in [3.05, 3.63) is 60.4 Å². The standard InChI is InChI=1S/C21H19N7O2/c22-20-24-19(14-7-8-27(26-14)13-5-2-1-3-6-13)28-16-12-18-17(29-9-4-10-30-18)11-15(16)23-21(28)25-20/h1-3,5-8,11-12,19H,4,9-10H2,(H3,22,23,24,25). The number of nitrogens with zero attached hydrogens (tertiary/aromatic N) is 5. The molecule has 0 amide bonds. The predicted molar refractivity (Wildman–Crippen MR) is 112 cm³/mol. The van der Waals surface area contributed by atoms with Gasteiger partial charge in [-0.25, -0.2) is 14.7 Å². The van der Waals surface area contributed by atoms with Crippen molar-refractivity contribution < 1.29 is 9.47 Å². The number of anilines is 1. The van der Waals surface area contributed by atoms with Crippen LogP contribution in [0.1, 0.15) is 18.3 Å². The van der Waals surface area contributed by atoms with Gasteiger partial charge in [0.25, 0.3) is 0 Å². The van der Waals surface area contributed by atoms with Gasteiger partial charge in [-0.05, 0) is 18.2 Å². The Hall–Kier alpha value is -4.01. The highest BCUT2D eigenvalue weighted by Gasteiger charge is 2.28. The summed E-state index contributed by atoms with van der Waals surface area (Å²) in [5.74, 6) is 2.32. The lowest BCUT2D eigenvalue weighted by atomic mass is 10.2. The lowest BCUT2D eigenvalue weighted by Crippen LogP contribution is -2.31. The van der Waals surface area contributed by atoms with E-state index in [0.717, 1.165) is 28.8 Å². The number of rotatable bonds is 2. The molecule has 0 saturated carbocycles. The van der Waals surface area contributed by atoms with Crippen LogP contribution in [0.2, 0.25) is 0 Å². The van der Waals surface area contributed by atoms with Crippen LogP contribution in [0, 0.1) is 0 Å². The first kappa shape index (κ1) is 16.9. The van der Waals surface area contributed by atoms with E-state index in [0.29, 0.717) is 36.6 Å². The second kappa shape index (κ2) is 6.51. The van der Waals surface area contributed by atoms with E-state index in [-0.39, 0.29) is 0 Å². The molecule has 9 nitrogen and oxygen atoms in total. The van der Waals surface area contributed by atoms with Gasteiger partial charge in [0, 0.05) is 24.8 Å². The maximum absolute atomic E-state index is 6.06. The Kier molecular flexibility index (Phi) is 3.67. The Morgan fingerprint density at radius 2 is 1.83 bits per heavy atom. The molecule has 3 N–H and O–H groups in total. The zero-order chi connectivity index (χ0) is 20.1. The molecule has 0 spiro atoms. The molecule has 30 heavy (non-hydrogen) atoms. The minimum Gasteiger partial charge on any atom is -0.489 e. The highest BCUT2D eigenvalue weighted by Crippen LogP contribution is 2.38. The number of aliphatic imine (C=N–C) groups is 1. The van der Waals surface area contributed by atoms with Crippen molar-refractivity contribution in [2.24, 2.45) is 10.7 Å². The van der Waals surface area contributed by atoms with E-state index < -0.39 is 6.17 Å². The highest BCUT2D eigenvalue weighted by molar-refractivity contribution is 5.95. The summed E-state index contributed by atoms with van der Waals surface area (Å²) >= 11 is 0. The first-order chi connectivity index (χ1) is 14.8. The van der Waals surface area contributed by atoms with Gasteiger partial charge in [-0.15, -0.1) is 0 Å². The van der Waals surface area contributed by atoms with Crippen molar-refractivity contribution in [2.75, 3.05) is 18.5 Å². The fraction of sp³-hybridized carbons (Fsp3) is 0.190. The fourth-order valence-corrected chi connectivity index (χ4v) is 3.82. The Balaban J connectivity index is 1.48. The molecule has 4 heterocycles. The molecule has 2 aliphatic heterocycles. The summed E-state index contributed by atoms with van der Waals surface area (Å²) in [5, 5.41) is 7.80. The minimum absolute atomic E-state index is 0.297. The molecule has 6 rings (SSSR count). The summed E-state index contributed by atoms with van der Waals surface area (Å²) in [7, 11) is 0. The predicted octanol–water partition coefficient (Wildman–Crippen LogP) is 2.67. The van der Waals surface area contributed by atoms with Crippen LogP contribution in [0.4, 0.5) is 5.95 Å². The Morgan fingerprint density at radius 1 is 1.03 bits per heavy atom. The third-order valence-electron chi connectivity index (χ3n) is 5.20. The summed E-state index contributed by atoms with van der Waals surface area (Å²) in [4.78, 5) is 9.32. The van der Waals surface area contributed by atoms with Crippen LogP contribution in [0.25, 0.3) is 16.7 Å². The zero-order valence-electron chi connectivity index (χ0n) is 16.0. The molecule has 9 heteroatoms. The molecule has 0 saturated heterocycles. The molecule has 0 fully saturated rings. The van der Waals surface area contributed by atoms with Crippen molar-refractivity contribution in [3.63, 3.8) is 0 Å². The average molecular weight is 401 g/mol. The summed E-state index contributed by atoms with van der Waals surface area (Å²) in [6.07, 6.45) is 2.32. The Labute approximate surface area is 171 Å². The van der Waals surface area contributed by atoms with Crippen molar-refractivity contribution in [3.8, 4) is 17.2 Å². The Bertz CT molecular complexity index is 1280. The van der Waals surface area contributed by atoms with Crippen molar-refractivity contribution in [2.45, 2.75) is 12.6 Å². The quantitative estimate of drug-likeness (QED) is 0.535. The van der Waals surface area contributed by atoms with E-state index in [1.165, 1.54) is 0 Å². The summed E-state index contributed by atoms with van der Waals surface area (Å²) < 4.78 is 15.5. The van der Waals surface area contributed by atoms with E-state index in [9.17, 15) is 0 Å². The lowest BCUT2D eigenvalue weighted by Gasteiger charge is -2.22. The smallest absolute Gasteiger partial charge is 0.212 e. The molecule has 2 aliphatic rings. The first-order valence-corrected chi connectivity index (χ1v) is 9.79. The number of hydrogen-bond donors (Lipinski definition) is 2. The van der Waals surface area contributed by atoms with Crippen molar-refractivity contribution in [1.29, 1.82) is 0 Å². The van der Waals surface area contributed by atoms with Gasteiger partial charge in [-0.1, -0.05) is 18.2 Å². The van der Waals surface area contributed by atoms with Gasteiger partial charge in [-0.2, -0.15) is 5.10 Å². The number of fused-ring (bicyclic) bond motifs is 4. The molecule has 150 valence electrons. The van der Waals surface area contributed by atoms with Gasteiger partial charge < -0.3 is 15.2 Å². The number of guanidine groups is 1. The summed E-state index contributed by atoms with van der Waals surface area (Å²) in [6, 6.07) is 15.7. The second-order valence-corrected chi connectivity index (χ2v) is 7.18. The van der Waals surface area contributed by atoms with Gasteiger partial charge in [0.05, 0.1) is 29.9 Å².